The Labute approximate surface area is 81.4 Å². The van der Waals surface area contributed by atoms with E-state index in [-0.39, 0.29) is 0 Å². The van der Waals surface area contributed by atoms with Crippen LogP contribution in [0.25, 0.3) is 0 Å². The molecule has 0 saturated heterocycles. The quantitative estimate of drug-likeness (QED) is 0.486. The van der Waals surface area contributed by atoms with Crippen LogP contribution >= 0.6 is 0 Å². The van der Waals surface area contributed by atoms with Gasteiger partial charge in [0.1, 0.15) is 0 Å². The maximum absolute atomic E-state index is 3.24. The molecule has 0 heterocycles. The molecule has 1 aliphatic rings. The minimum atomic E-state index is 0.939. The van der Waals surface area contributed by atoms with Crippen LogP contribution in [0.5, 0.6) is 0 Å². The summed E-state index contributed by atoms with van der Waals surface area (Å²) in [4.78, 5) is 0. The Morgan fingerprint density at radius 2 is 1.38 bits per heavy atom. The second kappa shape index (κ2) is 7.60. The van der Waals surface area contributed by atoms with Crippen molar-refractivity contribution in [3.8, 4) is 0 Å². The molecule has 1 aliphatic carbocycles. The summed E-state index contributed by atoms with van der Waals surface area (Å²) in [5.41, 5.74) is 0. The average Bonchev–Trinajstić information content (AvgIpc) is 2.18. The molecule has 0 unspecified atom stereocenters. The molecule has 0 amide bonds. The normalized spacial score (nSPS) is 28.9. The molecule has 0 bridgehead atoms. The van der Waals surface area contributed by atoms with Gasteiger partial charge in [-0.05, 0) is 38.2 Å². The maximum Gasteiger partial charge on any atom is -0.00948 e. The molecule has 0 heteroatoms. The van der Waals surface area contributed by atoms with Crippen LogP contribution in [0.2, 0.25) is 0 Å². The first-order chi connectivity index (χ1) is 6.50. The molecule has 0 aromatic heterocycles. The highest BCUT2D eigenvalue weighted by Gasteiger charge is 1.80. The van der Waals surface area contributed by atoms with Gasteiger partial charge in [0.2, 0.25) is 0 Å². The second-order valence-electron chi connectivity index (χ2n) is 3.09. The summed E-state index contributed by atoms with van der Waals surface area (Å²) in [7, 11) is 0. The number of hydrogen-bond acceptors (Lipinski definition) is 0. The standard InChI is InChI=1S/C13H17/c1-2-4-6-8-10-12-13-11-9-7-5-3-1/h1-4,9-11H,5-7,12-13H2/b3-1-,4-2+,10-8?,11-9+. The minimum Gasteiger partial charge on any atom is -0.0882 e. The van der Waals surface area contributed by atoms with Crippen molar-refractivity contribution in [3.05, 3.63) is 48.6 Å². The van der Waals surface area contributed by atoms with Gasteiger partial charge >= 0.3 is 0 Å². The number of hydrogen-bond donors (Lipinski definition) is 0. The highest BCUT2D eigenvalue weighted by atomic mass is 13.9. The van der Waals surface area contributed by atoms with E-state index in [0.717, 1.165) is 32.1 Å². The van der Waals surface area contributed by atoms with E-state index in [1.165, 1.54) is 0 Å². The fourth-order valence-electron chi connectivity index (χ4n) is 1.18. The molecule has 0 N–H and O–H groups in total. The predicted molar refractivity (Wildman–Crippen MR) is 58.3 cm³/mol. The summed E-state index contributed by atoms with van der Waals surface area (Å²) >= 11 is 0. The second-order valence-corrected chi connectivity index (χ2v) is 3.09. The van der Waals surface area contributed by atoms with Gasteiger partial charge in [0.15, 0.2) is 0 Å². The van der Waals surface area contributed by atoms with Crippen LogP contribution in [0.3, 0.4) is 0 Å². The maximum atomic E-state index is 3.24. The van der Waals surface area contributed by atoms with Gasteiger partial charge < -0.3 is 0 Å². The van der Waals surface area contributed by atoms with Gasteiger partial charge in [0, 0.05) is 0 Å². The summed E-state index contributed by atoms with van der Waals surface area (Å²) in [6, 6.07) is 0. The zero-order valence-electron chi connectivity index (χ0n) is 8.08. The lowest BCUT2D eigenvalue weighted by molar-refractivity contribution is 1.000. The molecule has 69 valence electrons. The topological polar surface area (TPSA) is 0 Å². The first kappa shape index (κ1) is 10.0. The number of allylic oxidation sites excluding steroid dienone is 8. The monoisotopic (exact) mass is 173 g/mol. The summed E-state index contributed by atoms with van der Waals surface area (Å²) in [5.74, 6) is 0. The molecule has 0 aromatic rings. The molecular weight excluding hydrogens is 156 g/mol. The van der Waals surface area contributed by atoms with Gasteiger partial charge in [0.25, 0.3) is 0 Å². The lowest BCUT2D eigenvalue weighted by Gasteiger charge is -1.86. The summed E-state index contributed by atoms with van der Waals surface area (Å²) in [6.45, 7) is 0. The van der Waals surface area contributed by atoms with Crippen LogP contribution in [0, 0.1) is 6.08 Å². The molecule has 1 radical (unpaired) electrons. The lowest BCUT2D eigenvalue weighted by atomic mass is 10.2. The Morgan fingerprint density at radius 1 is 0.692 bits per heavy atom. The Kier molecular flexibility index (Phi) is 5.87. The molecule has 0 atom stereocenters. The SMILES string of the molecule is [C]1=C/CC/C=C/CC/C=C\C=C\C/1. The molecule has 0 fully saturated rings. The zero-order chi connectivity index (χ0) is 9.19. The highest BCUT2D eigenvalue weighted by molar-refractivity contribution is 5.04. The minimum absolute atomic E-state index is 0.939. The van der Waals surface area contributed by atoms with E-state index < -0.39 is 0 Å². The van der Waals surface area contributed by atoms with Crippen LogP contribution in [0.15, 0.2) is 42.5 Å². The molecule has 0 spiro atoms. The van der Waals surface area contributed by atoms with E-state index >= 15 is 0 Å². The van der Waals surface area contributed by atoms with E-state index in [0.29, 0.717) is 0 Å². The Morgan fingerprint density at radius 3 is 2.31 bits per heavy atom. The molecule has 0 aromatic carbocycles. The van der Waals surface area contributed by atoms with Crippen molar-refractivity contribution in [2.45, 2.75) is 32.1 Å². The highest BCUT2D eigenvalue weighted by Crippen LogP contribution is 1.99. The molecule has 0 aliphatic heterocycles. The first-order valence-electron chi connectivity index (χ1n) is 5.02. The van der Waals surface area contributed by atoms with E-state index in [1.807, 2.05) is 0 Å². The van der Waals surface area contributed by atoms with Gasteiger partial charge in [-0.2, -0.15) is 0 Å². The van der Waals surface area contributed by atoms with E-state index in [1.54, 1.807) is 0 Å². The molecule has 0 nitrogen and oxygen atoms in total. The third-order valence-corrected chi connectivity index (χ3v) is 1.91. The van der Waals surface area contributed by atoms with Crippen molar-refractivity contribution in [2.24, 2.45) is 0 Å². The van der Waals surface area contributed by atoms with Gasteiger partial charge in [-0.1, -0.05) is 42.5 Å². The van der Waals surface area contributed by atoms with Crippen molar-refractivity contribution in [1.29, 1.82) is 0 Å². The van der Waals surface area contributed by atoms with Crippen LogP contribution in [-0.4, -0.2) is 0 Å². The summed E-state index contributed by atoms with van der Waals surface area (Å²) in [5, 5.41) is 0. The Bertz CT molecular complexity index is 216. The van der Waals surface area contributed by atoms with E-state index in [2.05, 4.69) is 48.6 Å². The Balaban J connectivity index is 2.38. The van der Waals surface area contributed by atoms with Gasteiger partial charge in [0.05, 0.1) is 0 Å². The van der Waals surface area contributed by atoms with Crippen molar-refractivity contribution in [2.75, 3.05) is 0 Å². The van der Waals surface area contributed by atoms with Crippen LogP contribution in [-0.2, 0) is 0 Å². The van der Waals surface area contributed by atoms with Crippen LogP contribution in [0.4, 0.5) is 0 Å². The van der Waals surface area contributed by atoms with Gasteiger partial charge in [-0.15, -0.1) is 0 Å². The van der Waals surface area contributed by atoms with Crippen LogP contribution in [0.1, 0.15) is 32.1 Å². The van der Waals surface area contributed by atoms with E-state index in [4.69, 9.17) is 0 Å². The number of rotatable bonds is 0. The summed E-state index contributed by atoms with van der Waals surface area (Å²) < 4.78 is 0. The van der Waals surface area contributed by atoms with Crippen LogP contribution < -0.4 is 0 Å². The fourth-order valence-corrected chi connectivity index (χ4v) is 1.18. The smallest absolute Gasteiger partial charge is 0.00948 e. The summed E-state index contributed by atoms with van der Waals surface area (Å²) in [6.07, 6.45) is 24.0. The van der Waals surface area contributed by atoms with Crippen molar-refractivity contribution >= 4 is 0 Å². The zero-order valence-corrected chi connectivity index (χ0v) is 8.08. The molecule has 1 rings (SSSR count). The third kappa shape index (κ3) is 6.15. The molecule has 0 saturated carbocycles. The van der Waals surface area contributed by atoms with Crippen molar-refractivity contribution in [1.82, 2.24) is 0 Å². The van der Waals surface area contributed by atoms with Gasteiger partial charge in [-0.3, -0.25) is 0 Å². The van der Waals surface area contributed by atoms with Crippen molar-refractivity contribution < 1.29 is 0 Å². The first-order valence-corrected chi connectivity index (χ1v) is 5.02. The molecular formula is C13H17. The molecule has 13 heavy (non-hydrogen) atoms. The van der Waals surface area contributed by atoms with Crippen molar-refractivity contribution in [3.63, 3.8) is 0 Å². The fraction of sp³-hybridized carbons (Fsp3) is 0.385. The largest absolute Gasteiger partial charge is 0.0882 e. The Hall–Kier alpha value is -1.04. The van der Waals surface area contributed by atoms with Gasteiger partial charge in [-0.25, -0.2) is 0 Å². The van der Waals surface area contributed by atoms with E-state index in [9.17, 15) is 0 Å². The lowest BCUT2D eigenvalue weighted by Crippen LogP contribution is -1.67. The average molecular weight is 173 g/mol. The third-order valence-electron chi connectivity index (χ3n) is 1.91. The predicted octanol–water partition coefficient (Wildman–Crippen LogP) is 3.98.